The quantitative estimate of drug-likeness (QED) is 0.620. The molecule has 0 aromatic heterocycles. The highest BCUT2D eigenvalue weighted by Gasteiger charge is 2.60. The van der Waals surface area contributed by atoms with Gasteiger partial charge in [0.05, 0.1) is 5.92 Å². The Morgan fingerprint density at radius 2 is 1.50 bits per heavy atom. The summed E-state index contributed by atoms with van der Waals surface area (Å²) in [6.45, 7) is 0. The molecule has 1 amide bonds. The molecular weight excluding hydrogens is 320 g/mol. The van der Waals surface area contributed by atoms with Crippen LogP contribution in [0.1, 0.15) is 49.7 Å². The van der Waals surface area contributed by atoms with Crippen molar-refractivity contribution in [2.75, 3.05) is 0 Å². The summed E-state index contributed by atoms with van der Waals surface area (Å²) in [5.74, 6) is 0.497. The molecule has 2 aliphatic rings. The first-order valence-electron chi connectivity index (χ1n) is 9.75. The lowest BCUT2D eigenvalue weighted by atomic mass is 9.85. The largest absolute Gasteiger partial charge is 0.273 e. The fourth-order valence-electron chi connectivity index (χ4n) is 4.42. The predicted octanol–water partition coefficient (Wildman–Crippen LogP) is 4.67. The normalized spacial score (nSPS) is 22.2. The second kappa shape index (κ2) is 7.45. The van der Waals surface area contributed by atoms with Gasteiger partial charge in [-0.15, -0.1) is 0 Å². The number of nitrogens with zero attached hydrogens (tertiary/aromatic N) is 1. The molecule has 0 radical (unpaired) electrons. The van der Waals surface area contributed by atoms with Gasteiger partial charge in [0.15, 0.2) is 0 Å². The van der Waals surface area contributed by atoms with Gasteiger partial charge < -0.3 is 0 Å². The minimum Gasteiger partial charge on any atom is -0.273 e. The van der Waals surface area contributed by atoms with Gasteiger partial charge in [0, 0.05) is 11.6 Å². The molecule has 0 saturated heterocycles. The van der Waals surface area contributed by atoms with Crippen LogP contribution in [-0.2, 0) is 10.2 Å². The molecule has 134 valence electrons. The highest BCUT2D eigenvalue weighted by molar-refractivity contribution is 5.86. The second-order valence-electron chi connectivity index (χ2n) is 7.61. The minimum absolute atomic E-state index is 0.0322. The van der Waals surface area contributed by atoms with Gasteiger partial charge in [-0.25, -0.2) is 5.43 Å². The number of carbonyl (C=O) groups is 1. The van der Waals surface area contributed by atoms with Gasteiger partial charge in [-0.3, -0.25) is 4.79 Å². The van der Waals surface area contributed by atoms with E-state index in [1.165, 1.54) is 43.2 Å². The van der Waals surface area contributed by atoms with Crippen LogP contribution in [0.5, 0.6) is 0 Å². The summed E-state index contributed by atoms with van der Waals surface area (Å²) >= 11 is 0. The minimum atomic E-state index is -0.215. The van der Waals surface area contributed by atoms with E-state index in [0.717, 1.165) is 6.42 Å². The van der Waals surface area contributed by atoms with Crippen molar-refractivity contribution < 1.29 is 4.79 Å². The highest BCUT2D eigenvalue weighted by Crippen LogP contribution is 2.58. The zero-order valence-electron chi connectivity index (χ0n) is 15.1. The first-order chi connectivity index (χ1) is 12.8. The number of benzene rings is 2. The first-order valence-corrected chi connectivity index (χ1v) is 9.75. The third-order valence-corrected chi connectivity index (χ3v) is 5.97. The van der Waals surface area contributed by atoms with Crippen molar-refractivity contribution >= 4 is 12.1 Å². The van der Waals surface area contributed by atoms with E-state index in [0.29, 0.717) is 5.92 Å². The third-order valence-electron chi connectivity index (χ3n) is 5.97. The average molecular weight is 346 g/mol. The first kappa shape index (κ1) is 17.0. The molecule has 26 heavy (non-hydrogen) atoms. The lowest BCUT2D eigenvalue weighted by Crippen LogP contribution is -2.26. The lowest BCUT2D eigenvalue weighted by Gasteiger charge is -2.19. The number of nitrogens with one attached hydrogen (secondary N) is 1. The summed E-state index contributed by atoms with van der Waals surface area (Å²) in [4.78, 5) is 12.8. The molecule has 1 atom stereocenters. The van der Waals surface area contributed by atoms with Crippen molar-refractivity contribution in [1.82, 2.24) is 5.43 Å². The molecule has 3 heteroatoms. The Morgan fingerprint density at radius 3 is 2.08 bits per heavy atom. The molecule has 0 bridgehead atoms. The van der Waals surface area contributed by atoms with Crippen molar-refractivity contribution in [3.8, 4) is 0 Å². The van der Waals surface area contributed by atoms with E-state index in [1.54, 1.807) is 0 Å². The number of rotatable bonds is 5. The molecular formula is C23H26N2O. The highest BCUT2D eigenvalue weighted by atomic mass is 16.2. The van der Waals surface area contributed by atoms with Crippen LogP contribution in [-0.4, -0.2) is 12.1 Å². The molecule has 1 unspecified atom stereocenters. The SMILES string of the molecule is O=C(N/N=C/C1CCCCC1)C1CC1(c1ccccc1)c1ccccc1. The second-order valence-corrected chi connectivity index (χ2v) is 7.61. The van der Waals surface area contributed by atoms with Gasteiger partial charge in [-0.05, 0) is 36.3 Å². The van der Waals surface area contributed by atoms with Crippen molar-refractivity contribution in [3.05, 3.63) is 71.8 Å². The average Bonchev–Trinajstić information content (AvgIpc) is 3.47. The maximum absolute atomic E-state index is 12.8. The standard InChI is InChI=1S/C23H26N2O/c26-22(25-24-17-18-10-4-1-5-11-18)21-16-23(21,19-12-6-2-7-13-19)20-14-8-3-9-15-20/h2-3,6-9,12-15,17-18,21H,1,4-5,10-11,16H2,(H,25,26)/b24-17+. The van der Waals surface area contributed by atoms with Crippen LogP contribution in [0.4, 0.5) is 0 Å². The molecule has 1 N–H and O–H groups in total. The Labute approximate surface area is 155 Å². The van der Waals surface area contributed by atoms with E-state index in [1.807, 2.05) is 18.3 Å². The van der Waals surface area contributed by atoms with Crippen LogP contribution in [0.3, 0.4) is 0 Å². The number of hydrogen-bond acceptors (Lipinski definition) is 2. The van der Waals surface area contributed by atoms with E-state index in [4.69, 9.17) is 0 Å². The summed E-state index contributed by atoms with van der Waals surface area (Å²) in [5.41, 5.74) is 5.02. The van der Waals surface area contributed by atoms with Gasteiger partial charge in [-0.2, -0.15) is 5.10 Å². The fourth-order valence-corrected chi connectivity index (χ4v) is 4.42. The third kappa shape index (κ3) is 3.31. The van der Waals surface area contributed by atoms with E-state index in [9.17, 15) is 4.79 Å². The molecule has 4 rings (SSSR count). The molecule has 2 saturated carbocycles. The van der Waals surface area contributed by atoms with Crippen molar-refractivity contribution in [2.24, 2.45) is 16.9 Å². The van der Waals surface area contributed by atoms with Crippen LogP contribution in [0.25, 0.3) is 0 Å². The maximum atomic E-state index is 12.8. The zero-order chi connectivity index (χ0) is 17.8. The van der Waals surface area contributed by atoms with Crippen molar-refractivity contribution in [2.45, 2.75) is 43.9 Å². The molecule has 2 aliphatic carbocycles. The van der Waals surface area contributed by atoms with E-state index in [-0.39, 0.29) is 17.2 Å². The van der Waals surface area contributed by atoms with Gasteiger partial charge in [0.1, 0.15) is 0 Å². The van der Waals surface area contributed by atoms with Gasteiger partial charge in [0.25, 0.3) is 0 Å². The van der Waals surface area contributed by atoms with Gasteiger partial charge in [0.2, 0.25) is 5.91 Å². The lowest BCUT2D eigenvalue weighted by molar-refractivity contribution is -0.122. The molecule has 0 spiro atoms. The smallest absolute Gasteiger partial charge is 0.244 e. The van der Waals surface area contributed by atoms with Crippen LogP contribution in [0, 0.1) is 11.8 Å². The Bertz CT molecular complexity index is 724. The molecule has 2 fully saturated rings. The molecule has 2 aromatic carbocycles. The van der Waals surface area contributed by atoms with E-state index >= 15 is 0 Å². The molecule has 2 aromatic rings. The topological polar surface area (TPSA) is 41.5 Å². The van der Waals surface area contributed by atoms with Crippen LogP contribution in [0.2, 0.25) is 0 Å². The van der Waals surface area contributed by atoms with Crippen LogP contribution < -0.4 is 5.43 Å². The van der Waals surface area contributed by atoms with Crippen LogP contribution >= 0.6 is 0 Å². The zero-order valence-corrected chi connectivity index (χ0v) is 15.1. The van der Waals surface area contributed by atoms with Crippen LogP contribution in [0.15, 0.2) is 65.8 Å². The number of hydrogen-bond donors (Lipinski definition) is 1. The molecule has 0 aliphatic heterocycles. The summed E-state index contributed by atoms with van der Waals surface area (Å²) in [7, 11) is 0. The number of amides is 1. The Hall–Kier alpha value is -2.42. The summed E-state index contributed by atoms with van der Waals surface area (Å²) in [6.07, 6.45) is 9.06. The summed E-state index contributed by atoms with van der Waals surface area (Å²) in [5, 5.41) is 4.28. The number of carbonyl (C=O) groups excluding carboxylic acids is 1. The Balaban J connectivity index is 1.49. The van der Waals surface area contributed by atoms with Gasteiger partial charge >= 0.3 is 0 Å². The molecule has 3 nitrogen and oxygen atoms in total. The summed E-state index contributed by atoms with van der Waals surface area (Å²) < 4.78 is 0. The molecule has 0 heterocycles. The summed E-state index contributed by atoms with van der Waals surface area (Å²) in [6, 6.07) is 20.8. The maximum Gasteiger partial charge on any atom is 0.244 e. The van der Waals surface area contributed by atoms with Crippen molar-refractivity contribution in [1.29, 1.82) is 0 Å². The van der Waals surface area contributed by atoms with E-state index in [2.05, 4.69) is 59.1 Å². The Morgan fingerprint density at radius 1 is 0.923 bits per heavy atom. The van der Waals surface area contributed by atoms with Crippen molar-refractivity contribution in [3.63, 3.8) is 0 Å². The Kier molecular flexibility index (Phi) is 4.87. The monoisotopic (exact) mass is 346 g/mol. The van der Waals surface area contributed by atoms with E-state index < -0.39 is 0 Å². The fraction of sp³-hybridized carbons (Fsp3) is 0.391. The number of hydrazone groups is 1. The van der Waals surface area contributed by atoms with Gasteiger partial charge in [-0.1, -0.05) is 79.9 Å². The predicted molar refractivity (Wildman–Crippen MR) is 105 cm³/mol.